The van der Waals surface area contributed by atoms with E-state index in [1.165, 1.54) is 47.2 Å². The predicted molar refractivity (Wildman–Crippen MR) is 129 cm³/mol. The van der Waals surface area contributed by atoms with E-state index in [1.807, 2.05) is 0 Å². The molecule has 4 amide bonds. The minimum Gasteiger partial charge on any atom is -0.368 e. The number of amides is 4. The Morgan fingerprint density at radius 2 is 1.71 bits per heavy atom. The number of halogens is 4. The Balaban J connectivity index is 1.24. The first kappa shape index (κ1) is 25.6. The molecule has 0 unspecified atom stereocenters. The highest BCUT2D eigenvalue weighted by Crippen LogP contribution is 2.36. The summed E-state index contributed by atoms with van der Waals surface area (Å²) in [6, 6.07) is 9.41. The molecule has 1 atom stereocenters. The van der Waals surface area contributed by atoms with E-state index in [0.29, 0.717) is 48.7 Å². The highest BCUT2D eigenvalue weighted by atomic mass is 19.4. The van der Waals surface area contributed by atoms with E-state index >= 15 is 0 Å². The van der Waals surface area contributed by atoms with E-state index < -0.39 is 35.5 Å². The Bertz CT molecular complexity index is 1300. The SMILES string of the molecule is CN1C(=O)N[C@H](c2ccc(F)cc2)C2=C1CN(CC(=O)N1CCN(c3cccc(C(F)(F)F)c3)CC1)C2=O. The van der Waals surface area contributed by atoms with Crippen molar-refractivity contribution >= 4 is 23.5 Å². The third kappa shape index (κ3) is 4.77. The molecule has 0 radical (unpaired) electrons. The van der Waals surface area contributed by atoms with Crippen molar-refractivity contribution in [1.82, 2.24) is 20.0 Å². The second kappa shape index (κ2) is 9.66. The van der Waals surface area contributed by atoms with Gasteiger partial charge in [0.1, 0.15) is 12.4 Å². The molecule has 12 heteroatoms. The molecule has 0 aromatic heterocycles. The molecule has 200 valence electrons. The van der Waals surface area contributed by atoms with E-state index in [9.17, 15) is 31.9 Å². The Hall–Kier alpha value is -4.09. The highest BCUT2D eigenvalue weighted by molar-refractivity contribution is 6.03. The summed E-state index contributed by atoms with van der Waals surface area (Å²) in [6.45, 7) is 1.16. The summed E-state index contributed by atoms with van der Waals surface area (Å²) in [7, 11) is 1.54. The second-order valence-corrected chi connectivity index (χ2v) is 9.43. The number of nitrogens with zero attached hydrogens (tertiary/aromatic N) is 4. The normalized spacial score (nSPS) is 20.2. The zero-order chi connectivity index (χ0) is 27.2. The smallest absolute Gasteiger partial charge is 0.368 e. The fourth-order valence-corrected chi connectivity index (χ4v) is 5.01. The van der Waals surface area contributed by atoms with Crippen molar-refractivity contribution in [3.63, 3.8) is 0 Å². The van der Waals surface area contributed by atoms with Gasteiger partial charge in [0.25, 0.3) is 5.91 Å². The van der Waals surface area contributed by atoms with Crippen LogP contribution in [0.15, 0.2) is 59.8 Å². The molecular weight excluding hydrogens is 506 g/mol. The fourth-order valence-electron chi connectivity index (χ4n) is 5.01. The summed E-state index contributed by atoms with van der Waals surface area (Å²) in [5.74, 6) is -1.13. The van der Waals surface area contributed by atoms with Gasteiger partial charge in [-0.25, -0.2) is 9.18 Å². The number of hydrogen-bond donors (Lipinski definition) is 1. The molecular formula is C26H25F4N5O3. The minimum atomic E-state index is -4.44. The lowest BCUT2D eigenvalue weighted by atomic mass is 9.96. The van der Waals surface area contributed by atoms with Gasteiger partial charge in [-0.05, 0) is 35.9 Å². The maximum Gasteiger partial charge on any atom is 0.416 e. The van der Waals surface area contributed by atoms with Crippen LogP contribution in [0.3, 0.4) is 0 Å². The molecule has 0 bridgehead atoms. The largest absolute Gasteiger partial charge is 0.416 e. The lowest BCUT2D eigenvalue weighted by Crippen LogP contribution is -2.51. The van der Waals surface area contributed by atoms with Crippen LogP contribution in [-0.2, 0) is 15.8 Å². The molecule has 38 heavy (non-hydrogen) atoms. The average molecular weight is 532 g/mol. The summed E-state index contributed by atoms with van der Waals surface area (Å²) in [5, 5.41) is 2.76. The van der Waals surface area contributed by atoms with Crippen molar-refractivity contribution in [3.05, 3.63) is 76.7 Å². The van der Waals surface area contributed by atoms with Gasteiger partial charge >= 0.3 is 12.2 Å². The number of likely N-dealkylation sites (N-methyl/N-ethyl adjacent to an activating group) is 1. The first-order valence-electron chi connectivity index (χ1n) is 12.0. The predicted octanol–water partition coefficient (Wildman–Crippen LogP) is 2.99. The average Bonchev–Trinajstić information content (AvgIpc) is 3.22. The molecule has 0 saturated carbocycles. The number of anilines is 1. The molecule has 1 saturated heterocycles. The Morgan fingerprint density at radius 1 is 1.03 bits per heavy atom. The van der Waals surface area contributed by atoms with Crippen LogP contribution >= 0.6 is 0 Å². The van der Waals surface area contributed by atoms with Crippen LogP contribution in [0, 0.1) is 5.82 Å². The van der Waals surface area contributed by atoms with Crippen molar-refractivity contribution in [1.29, 1.82) is 0 Å². The molecule has 8 nitrogen and oxygen atoms in total. The summed E-state index contributed by atoms with van der Waals surface area (Å²) < 4.78 is 52.7. The summed E-state index contributed by atoms with van der Waals surface area (Å²) in [6.07, 6.45) is -4.44. The molecule has 2 aromatic rings. The highest BCUT2D eigenvalue weighted by Gasteiger charge is 2.43. The minimum absolute atomic E-state index is 0.0751. The molecule has 5 rings (SSSR count). The van der Waals surface area contributed by atoms with Gasteiger partial charge in [0, 0.05) is 38.9 Å². The van der Waals surface area contributed by atoms with Crippen LogP contribution in [0.4, 0.5) is 28.0 Å². The van der Waals surface area contributed by atoms with Gasteiger partial charge in [0.2, 0.25) is 5.91 Å². The van der Waals surface area contributed by atoms with Gasteiger partial charge in [-0.2, -0.15) is 13.2 Å². The van der Waals surface area contributed by atoms with Gasteiger partial charge < -0.3 is 20.0 Å². The number of carbonyl (C=O) groups excluding carboxylic acids is 3. The molecule has 3 heterocycles. The number of urea groups is 1. The van der Waals surface area contributed by atoms with Crippen LogP contribution in [0.2, 0.25) is 0 Å². The van der Waals surface area contributed by atoms with Gasteiger partial charge in [0.05, 0.1) is 29.4 Å². The first-order valence-corrected chi connectivity index (χ1v) is 12.0. The number of nitrogens with one attached hydrogen (secondary N) is 1. The summed E-state index contributed by atoms with van der Waals surface area (Å²) in [4.78, 5) is 45.0. The molecule has 3 aliphatic heterocycles. The quantitative estimate of drug-likeness (QED) is 0.616. The number of rotatable bonds is 4. The van der Waals surface area contributed by atoms with E-state index in [-0.39, 0.29) is 19.0 Å². The number of benzene rings is 2. The zero-order valence-electron chi connectivity index (χ0n) is 20.5. The monoisotopic (exact) mass is 531 g/mol. The number of hydrogen-bond acceptors (Lipinski definition) is 4. The van der Waals surface area contributed by atoms with Crippen molar-refractivity contribution in [2.75, 3.05) is 51.2 Å². The van der Waals surface area contributed by atoms with E-state index in [0.717, 1.165) is 12.1 Å². The number of piperazine rings is 1. The molecule has 0 aliphatic carbocycles. The van der Waals surface area contributed by atoms with Gasteiger partial charge in [-0.1, -0.05) is 18.2 Å². The van der Waals surface area contributed by atoms with E-state index in [1.54, 1.807) is 15.9 Å². The van der Waals surface area contributed by atoms with Crippen LogP contribution in [0.5, 0.6) is 0 Å². The number of carbonyl (C=O) groups is 3. The van der Waals surface area contributed by atoms with Gasteiger partial charge in [0.15, 0.2) is 0 Å². The summed E-state index contributed by atoms with van der Waals surface area (Å²) >= 11 is 0. The van der Waals surface area contributed by atoms with Crippen molar-refractivity contribution in [2.24, 2.45) is 0 Å². The zero-order valence-corrected chi connectivity index (χ0v) is 20.5. The fraction of sp³-hybridized carbons (Fsp3) is 0.346. The molecule has 3 aliphatic rings. The lowest BCUT2D eigenvalue weighted by molar-refractivity contribution is -0.137. The number of alkyl halides is 3. The molecule has 0 spiro atoms. The Morgan fingerprint density at radius 3 is 2.37 bits per heavy atom. The van der Waals surface area contributed by atoms with Crippen LogP contribution in [-0.4, -0.2) is 78.9 Å². The Kier molecular flexibility index (Phi) is 6.49. The first-order chi connectivity index (χ1) is 18.0. The van der Waals surface area contributed by atoms with Crippen molar-refractivity contribution in [2.45, 2.75) is 12.2 Å². The van der Waals surface area contributed by atoms with Crippen molar-refractivity contribution < 1.29 is 31.9 Å². The summed E-state index contributed by atoms with van der Waals surface area (Å²) in [5.41, 5.74) is 1.07. The maximum atomic E-state index is 13.4. The van der Waals surface area contributed by atoms with Crippen LogP contribution in [0.25, 0.3) is 0 Å². The van der Waals surface area contributed by atoms with Crippen LogP contribution < -0.4 is 10.2 Å². The van der Waals surface area contributed by atoms with Crippen LogP contribution in [0.1, 0.15) is 17.2 Å². The van der Waals surface area contributed by atoms with Gasteiger partial charge in [-0.15, -0.1) is 0 Å². The standard InChI is InChI=1S/C26H25F4N5O3/c1-32-20-14-35(24(37)22(20)23(31-25(32)38)16-5-7-18(27)8-6-16)15-21(36)34-11-9-33(10-12-34)19-4-2-3-17(13-19)26(28,29)30/h2-8,13,23H,9-12,14-15H2,1H3,(H,31,38)/t23-/m1/s1. The van der Waals surface area contributed by atoms with E-state index in [2.05, 4.69) is 5.32 Å². The van der Waals surface area contributed by atoms with Gasteiger partial charge in [-0.3, -0.25) is 14.5 Å². The lowest BCUT2D eigenvalue weighted by Gasteiger charge is -2.37. The maximum absolute atomic E-state index is 13.4. The Labute approximate surface area is 216 Å². The molecule has 2 aromatic carbocycles. The molecule has 1 N–H and O–H groups in total. The molecule has 1 fully saturated rings. The second-order valence-electron chi connectivity index (χ2n) is 9.43. The van der Waals surface area contributed by atoms with Crippen molar-refractivity contribution in [3.8, 4) is 0 Å². The topological polar surface area (TPSA) is 76.2 Å². The third-order valence-electron chi connectivity index (χ3n) is 7.14. The van der Waals surface area contributed by atoms with E-state index in [4.69, 9.17) is 0 Å². The third-order valence-corrected chi connectivity index (χ3v) is 7.14.